The molecule has 2 aromatic rings. The quantitative estimate of drug-likeness (QED) is 0.779. The van der Waals surface area contributed by atoms with Crippen LogP contribution in [0.25, 0.3) is 0 Å². The second kappa shape index (κ2) is 5.63. The summed E-state index contributed by atoms with van der Waals surface area (Å²) in [6, 6.07) is 8.93. The number of halogens is 2. The van der Waals surface area contributed by atoms with Crippen LogP contribution in [0.5, 0.6) is 0 Å². The number of aromatic nitrogens is 1. The summed E-state index contributed by atoms with van der Waals surface area (Å²) in [5.41, 5.74) is 1.56. The molecule has 0 aliphatic carbocycles. The minimum atomic E-state index is -0.210. The number of hydrogen-bond acceptors (Lipinski definition) is 2. The van der Waals surface area contributed by atoms with Gasteiger partial charge >= 0.3 is 0 Å². The van der Waals surface area contributed by atoms with Crippen molar-refractivity contribution in [3.05, 3.63) is 63.3 Å². The normalized spacial score (nSPS) is 12.2. The Labute approximate surface area is 119 Å². The predicted octanol–water partition coefficient (Wildman–Crippen LogP) is 4.48. The number of carbonyl (C=O) groups excluding carboxylic acids is 1. The topological polar surface area (TPSA) is 30.0 Å². The highest BCUT2D eigenvalue weighted by atomic mass is 79.9. The first-order chi connectivity index (χ1) is 8.58. The molecular weight excluding hydrogens is 314 g/mol. The average molecular weight is 325 g/mol. The van der Waals surface area contributed by atoms with Gasteiger partial charge in [0, 0.05) is 33.4 Å². The maximum atomic E-state index is 12.3. The Morgan fingerprint density at radius 2 is 1.94 bits per heavy atom. The molecule has 92 valence electrons. The Bertz CT molecular complexity index is 551. The van der Waals surface area contributed by atoms with Crippen LogP contribution in [0, 0.1) is 0 Å². The van der Waals surface area contributed by atoms with Crippen molar-refractivity contribution in [2.75, 3.05) is 0 Å². The number of Topliss-reactive ketones (excluding diaryl/α,β-unsaturated/α-hetero) is 1. The van der Waals surface area contributed by atoms with Crippen molar-refractivity contribution in [1.29, 1.82) is 0 Å². The first kappa shape index (κ1) is 13.2. The van der Waals surface area contributed by atoms with Crippen LogP contribution in [-0.4, -0.2) is 10.8 Å². The van der Waals surface area contributed by atoms with Gasteiger partial charge in [-0.15, -0.1) is 0 Å². The van der Waals surface area contributed by atoms with Gasteiger partial charge in [0.05, 0.1) is 0 Å². The molecule has 0 aliphatic rings. The molecule has 0 saturated carbocycles. The Morgan fingerprint density at radius 3 is 2.56 bits per heavy atom. The summed E-state index contributed by atoms with van der Waals surface area (Å²) in [5.74, 6) is -0.164. The van der Waals surface area contributed by atoms with E-state index in [0.717, 1.165) is 10.0 Å². The number of carbonyl (C=O) groups is 1. The highest BCUT2D eigenvalue weighted by Gasteiger charge is 2.17. The number of rotatable bonds is 3. The van der Waals surface area contributed by atoms with Gasteiger partial charge in [0.1, 0.15) is 0 Å². The van der Waals surface area contributed by atoms with Gasteiger partial charge in [0.25, 0.3) is 0 Å². The zero-order valence-corrected chi connectivity index (χ0v) is 12.1. The zero-order valence-electron chi connectivity index (χ0n) is 9.73. The highest BCUT2D eigenvalue weighted by Crippen LogP contribution is 2.25. The summed E-state index contributed by atoms with van der Waals surface area (Å²) in [6.45, 7) is 1.88. The number of hydrogen-bond donors (Lipinski definition) is 0. The molecular formula is C14H11BrClNO. The molecule has 0 radical (unpaired) electrons. The van der Waals surface area contributed by atoms with E-state index in [9.17, 15) is 4.79 Å². The molecule has 0 amide bonds. The first-order valence-corrected chi connectivity index (χ1v) is 6.65. The number of ketones is 1. The average Bonchev–Trinajstić information content (AvgIpc) is 2.37. The van der Waals surface area contributed by atoms with Crippen molar-refractivity contribution in [1.82, 2.24) is 4.98 Å². The van der Waals surface area contributed by atoms with E-state index >= 15 is 0 Å². The molecule has 0 saturated heterocycles. The molecule has 0 aliphatic heterocycles. The van der Waals surface area contributed by atoms with Crippen LogP contribution >= 0.6 is 27.5 Å². The fourth-order valence-corrected chi connectivity index (χ4v) is 2.61. The molecule has 2 rings (SSSR count). The van der Waals surface area contributed by atoms with Gasteiger partial charge in [0.15, 0.2) is 5.78 Å². The first-order valence-electron chi connectivity index (χ1n) is 5.48. The van der Waals surface area contributed by atoms with Gasteiger partial charge in [-0.1, -0.05) is 34.5 Å². The molecule has 0 fully saturated rings. The molecule has 4 heteroatoms. The van der Waals surface area contributed by atoms with Crippen LogP contribution in [-0.2, 0) is 0 Å². The molecule has 1 aromatic carbocycles. The Kier molecular flexibility index (Phi) is 4.15. The van der Waals surface area contributed by atoms with Gasteiger partial charge in [0.2, 0.25) is 0 Å². The monoisotopic (exact) mass is 323 g/mol. The molecule has 1 aromatic heterocycles. The van der Waals surface area contributed by atoms with E-state index in [4.69, 9.17) is 11.6 Å². The summed E-state index contributed by atoms with van der Waals surface area (Å²) in [7, 11) is 0. The smallest absolute Gasteiger partial charge is 0.170 e. The Hall–Kier alpha value is -1.19. The molecule has 0 bridgehead atoms. The van der Waals surface area contributed by atoms with Crippen LogP contribution in [0.1, 0.15) is 28.8 Å². The van der Waals surface area contributed by atoms with Crippen molar-refractivity contribution >= 4 is 33.3 Å². The van der Waals surface area contributed by atoms with E-state index in [1.165, 1.54) is 0 Å². The van der Waals surface area contributed by atoms with Crippen LogP contribution in [0.3, 0.4) is 0 Å². The minimum Gasteiger partial charge on any atom is -0.294 e. The summed E-state index contributed by atoms with van der Waals surface area (Å²) in [6.07, 6.45) is 3.38. The van der Waals surface area contributed by atoms with Crippen molar-refractivity contribution in [2.24, 2.45) is 0 Å². The third-order valence-corrected chi connectivity index (χ3v) is 3.42. The lowest BCUT2D eigenvalue weighted by molar-refractivity contribution is 0.0966. The summed E-state index contributed by atoms with van der Waals surface area (Å²) in [5, 5.41) is 0.551. The van der Waals surface area contributed by atoms with Gasteiger partial charge in [-0.25, -0.2) is 0 Å². The number of nitrogens with zero attached hydrogens (tertiary/aromatic N) is 1. The van der Waals surface area contributed by atoms with Crippen LogP contribution in [0.2, 0.25) is 5.02 Å². The van der Waals surface area contributed by atoms with E-state index in [0.29, 0.717) is 10.6 Å². The van der Waals surface area contributed by atoms with Crippen molar-refractivity contribution in [2.45, 2.75) is 12.8 Å². The summed E-state index contributed by atoms with van der Waals surface area (Å²) < 4.78 is 0.806. The van der Waals surface area contributed by atoms with Gasteiger partial charge in [-0.2, -0.15) is 0 Å². The van der Waals surface area contributed by atoms with E-state index in [1.54, 1.807) is 30.6 Å². The summed E-state index contributed by atoms with van der Waals surface area (Å²) >= 11 is 9.29. The highest BCUT2D eigenvalue weighted by molar-refractivity contribution is 9.10. The molecule has 1 unspecified atom stereocenters. The summed E-state index contributed by atoms with van der Waals surface area (Å²) in [4.78, 5) is 16.3. The second-order valence-corrected chi connectivity index (χ2v) is 5.38. The lowest BCUT2D eigenvalue weighted by Gasteiger charge is -2.11. The SMILES string of the molecule is CC(C(=O)c1cc(Cl)cc(Br)c1)c1ccncc1. The van der Waals surface area contributed by atoms with Crippen molar-refractivity contribution in [3.63, 3.8) is 0 Å². The third kappa shape index (κ3) is 2.98. The fourth-order valence-electron chi connectivity index (χ4n) is 1.75. The maximum Gasteiger partial charge on any atom is 0.170 e. The van der Waals surface area contributed by atoms with Crippen molar-refractivity contribution < 1.29 is 4.79 Å². The van der Waals surface area contributed by atoms with Gasteiger partial charge < -0.3 is 0 Å². The largest absolute Gasteiger partial charge is 0.294 e. The van der Waals surface area contributed by atoms with Gasteiger partial charge in [-0.05, 0) is 35.9 Å². The number of pyridine rings is 1. The second-order valence-electron chi connectivity index (χ2n) is 4.02. The lowest BCUT2D eigenvalue weighted by atomic mass is 9.93. The Balaban J connectivity index is 2.31. The maximum absolute atomic E-state index is 12.3. The van der Waals surface area contributed by atoms with E-state index < -0.39 is 0 Å². The third-order valence-electron chi connectivity index (χ3n) is 2.75. The van der Waals surface area contributed by atoms with Crippen LogP contribution in [0.15, 0.2) is 47.2 Å². The molecule has 0 N–H and O–H groups in total. The van der Waals surface area contributed by atoms with Gasteiger partial charge in [-0.3, -0.25) is 9.78 Å². The predicted molar refractivity (Wildman–Crippen MR) is 76.1 cm³/mol. The standard InChI is InChI=1S/C14H11BrClNO/c1-9(10-2-4-17-5-3-10)14(18)11-6-12(15)8-13(16)7-11/h2-9H,1H3. The van der Waals surface area contributed by atoms with Crippen LogP contribution < -0.4 is 0 Å². The molecule has 18 heavy (non-hydrogen) atoms. The zero-order chi connectivity index (χ0) is 13.1. The Morgan fingerprint density at radius 1 is 1.28 bits per heavy atom. The fraction of sp³-hybridized carbons (Fsp3) is 0.143. The molecule has 1 atom stereocenters. The van der Waals surface area contributed by atoms with E-state index in [1.807, 2.05) is 19.1 Å². The van der Waals surface area contributed by atoms with E-state index in [2.05, 4.69) is 20.9 Å². The number of benzene rings is 1. The van der Waals surface area contributed by atoms with Crippen molar-refractivity contribution in [3.8, 4) is 0 Å². The van der Waals surface area contributed by atoms with E-state index in [-0.39, 0.29) is 11.7 Å². The van der Waals surface area contributed by atoms with Crippen LogP contribution in [0.4, 0.5) is 0 Å². The molecule has 2 nitrogen and oxygen atoms in total. The molecule has 0 spiro atoms. The lowest BCUT2D eigenvalue weighted by Crippen LogP contribution is -2.09. The minimum absolute atomic E-state index is 0.0457. The molecule has 1 heterocycles.